The lowest BCUT2D eigenvalue weighted by atomic mass is 9.61. The minimum absolute atomic E-state index is 0.0811. The van der Waals surface area contributed by atoms with Gasteiger partial charge < -0.3 is 0 Å². The third kappa shape index (κ3) is 28.1. The number of likely N-dealkylation sites (tertiary alicyclic amines) is 2. The second-order valence-electron chi connectivity index (χ2n) is 35.7. The van der Waals surface area contributed by atoms with E-state index in [1.165, 1.54) is 329 Å². The molecule has 8 rings (SSSR count). The van der Waals surface area contributed by atoms with E-state index in [0.717, 1.165) is 123 Å². The molecule has 12 heteroatoms. The highest BCUT2D eigenvalue weighted by atomic mass is 16.2. The molecular formula is C96H156N4O8. The van der Waals surface area contributed by atoms with Gasteiger partial charge in [-0.25, -0.2) is 0 Å². The molecule has 8 amide bonds. The van der Waals surface area contributed by atoms with E-state index in [9.17, 15) is 38.4 Å². The normalized spacial score (nSPS) is 25.0. The van der Waals surface area contributed by atoms with Gasteiger partial charge >= 0.3 is 0 Å². The molecule has 0 bridgehead atoms. The second-order valence-corrected chi connectivity index (χ2v) is 35.7. The maximum atomic E-state index is 14.5. The Morgan fingerprint density at radius 1 is 0.269 bits per heavy atom. The molecule has 4 heterocycles. The van der Waals surface area contributed by atoms with Gasteiger partial charge in [0, 0.05) is 56.9 Å². The first-order chi connectivity index (χ1) is 52.9. The summed E-state index contributed by atoms with van der Waals surface area (Å²) in [5, 5.41) is 0. The van der Waals surface area contributed by atoms with Crippen LogP contribution < -0.4 is 0 Å². The van der Waals surface area contributed by atoms with Crippen molar-refractivity contribution < 1.29 is 38.4 Å². The number of hydrogen-bond acceptors (Lipinski definition) is 8. The Hall–Kier alpha value is -4.74. The zero-order chi connectivity index (χ0) is 76.5. The Kier molecular flexibility index (Phi) is 42.0. The Morgan fingerprint density at radius 2 is 0.537 bits per heavy atom. The van der Waals surface area contributed by atoms with Crippen LogP contribution in [-0.2, 0) is 38.4 Å². The topological polar surface area (TPSA) is 150 Å². The molecular weight excluding hydrogens is 1340 g/mol. The van der Waals surface area contributed by atoms with E-state index in [2.05, 4.69) is 33.8 Å². The zero-order valence-electron chi connectivity index (χ0n) is 69.4. The lowest BCUT2D eigenvalue weighted by Crippen LogP contribution is -2.35. The van der Waals surface area contributed by atoms with Crippen LogP contribution in [0.2, 0.25) is 0 Å². The van der Waals surface area contributed by atoms with Gasteiger partial charge in [0.25, 0.3) is 23.6 Å². The highest BCUT2D eigenvalue weighted by molar-refractivity contribution is 6.13. The van der Waals surface area contributed by atoms with Gasteiger partial charge in [-0.1, -0.05) is 334 Å². The van der Waals surface area contributed by atoms with Crippen molar-refractivity contribution in [3.63, 3.8) is 0 Å². The van der Waals surface area contributed by atoms with E-state index in [0.29, 0.717) is 32.6 Å². The summed E-state index contributed by atoms with van der Waals surface area (Å²) in [4.78, 5) is 111. The number of carbonyl (C=O) groups is 8. The predicted molar refractivity (Wildman–Crippen MR) is 442 cm³/mol. The Morgan fingerprint density at radius 3 is 0.880 bits per heavy atom. The van der Waals surface area contributed by atoms with Crippen molar-refractivity contribution >= 4 is 47.3 Å². The fourth-order valence-corrected chi connectivity index (χ4v) is 21.9. The van der Waals surface area contributed by atoms with Crippen molar-refractivity contribution in [3.05, 3.63) is 59.7 Å². The van der Waals surface area contributed by atoms with Crippen LogP contribution in [-0.4, -0.2) is 93.0 Å². The molecule has 4 aliphatic heterocycles. The molecule has 2 saturated heterocycles. The fraction of sp³-hybridized carbons (Fsp3) is 0.812. The largest absolute Gasteiger partial charge is 0.282 e. The molecule has 0 spiro atoms. The number of amides is 8. The SMILES string of the molecule is CCCCCCCCC1C(CCCCCC)CCC(CCCCCCCCN2C(=O)CC(C3CC4C(=O)N(CCCCCCCCC5C(CCCCCCCCN6C(=O)C=CC6=O)CCC(CCCCCC)C5CCCCCCCC)C(=O)C4c4ccccc43)C2=O)C1CCCCCCCCN1C(=O)C=CC1=O. The quantitative estimate of drug-likeness (QED) is 0.0462. The lowest BCUT2D eigenvalue weighted by molar-refractivity contribution is -0.141. The first kappa shape index (κ1) is 88.8. The number of rotatable bonds is 61. The number of unbranched alkanes of at least 4 members (excludes halogenated alkanes) is 36. The Balaban J connectivity index is 0.757. The molecule has 608 valence electrons. The molecule has 0 aromatic heterocycles. The highest BCUT2D eigenvalue weighted by Crippen LogP contribution is 2.53. The number of benzene rings is 1. The van der Waals surface area contributed by atoms with Crippen LogP contribution in [0.15, 0.2) is 48.6 Å². The molecule has 3 aliphatic carbocycles. The fourth-order valence-electron chi connectivity index (χ4n) is 21.9. The third-order valence-corrected chi connectivity index (χ3v) is 28.1. The van der Waals surface area contributed by atoms with E-state index in [1.807, 2.05) is 18.2 Å². The molecule has 12 unspecified atom stereocenters. The summed E-state index contributed by atoms with van der Waals surface area (Å²) in [7, 11) is 0. The average Bonchev–Trinajstić information content (AvgIpc) is 1.58. The smallest absolute Gasteiger partial charge is 0.253 e. The first-order valence-electron chi connectivity index (χ1n) is 46.8. The Bertz CT molecular complexity index is 2850. The number of fused-ring (bicyclic) bond motifs is 3. The summed E-state index contributed by atoms with van der Waals surface area (Å²) in [6, 6.07) is 8.02. The van der Waals surface area contributed by atoms with E-state index in [1.54, 1.807) is 9.80 Å². The standard InChI is InChI=1S/C96H156N4O8/c1-5-9-13-17-29-41-55-79-75(51-37-15-11-7-3)62-64-78(81(79)57-43-31-21-25-34-48-70-98-90(103)67-68-91(98)104)54-40-28-20-24-35-49-71-99-92(105)74-86(94(99)106)85-73-87-93(84-60-46-45-59-83(84)85)96(108)100(95(87)107)72-50-36-26-22-32-44-58-82-77(53-39-27-19-23-33-47-69-97-88(101)65-66-89(97)102)63-61-76(52-38-16-12-8-4)80(82)56-42-30-18-14-10-6-2/h45-46,59-60,65-68,75-82,85-87,93H,5-44,47-58,61-64,69-74H2,1-4H3. The van der Waals surface area contributed by atoms with Crippen LogP contribution >= 0.6 is 0 Å². The number of carbonyl (C=O) groups excluding carboxylic acids is 8. The molecule has 12 atom stereocenters. The maximum absolute atomic E-state index is 14.5. The highest BCUT2D eigenvalue weighted by Gasteiger charge is 2.55. The molecule has 1 aromatic rings. The number of nitrogens with zero attached hydrogens (tertiary/aromatic N) is 4. The molecule has 108 heavy (non-hydrogen) atoms. The van der Waals surface area contributed by atoms with Gasteiger partial charge in [0.15, 0.2) is 0 Å². The van der Waals surface area contributed by atoms with Crippen molar-refractivity contribution in [2.24, 2.45) is 59.2 Å². The maximum Gasteiger partial charge on any atom is 0.253 e. The van der Waals surface area contributed by atoms with Crippen LogP contribution in [0.5, 0.6) is 0 Å². The van der Waals surface area contributed by atoms with Gasteiger partial charge in [-0.3, -0.25) is 58.0 Å². The minimum atomic E-state index is -0.520. The molecule has 0 radical (unpaired) electrons. The summed E-state index contributed by atoms with van der Waals surface area (Å²) >= 11 is 0. The first-order valence-corrected chi connectivity index (χ1v) is 46.8. The summed E-state index contributed by atoms with van der Waals surface area (Å²) in [6.45, 7) is 11.3. The van der Waals surface area contributed by atoms with Crippen LogP contribution in [0.4, 0.5) is 0 Å². The van der Waals surface area contributed by atoms with Gasteiger partial charge in [-0.15, -0.1) is 0 Å². The molecule has 12 nitrogen and oxygen atoms in total. The molecule has 0 N–H and O–H groups in total. The van der Waals surface area contributed by atoms with Crippen molar-refractivity contribution in [1.82, 2.24) is 19.6 Å². The minimum Gasteiger partial charge on any atom is -0.282 e. The average molecular weight is 1490 g/mol. The van der Waals surface area contributed by atoms with Crippen LogP contribution in [0.1, 0.15) is 423 Å². The van der Waals surface area contributed by atoms with E-state index in [4.69, 9.17) is 0 Å². The Labute approximate surface area is 658 Å². The van der Waals surface area contributed by atoms with E-state index in [-0.39, 0.29) is 59.6 Å². The van der Waals surface area contributed by atoms with Crippen molar-refractivity contribution in [2.45, 2.75) is 412 Å². The predicted octanol–water partition coefficient (Wildman–Crippen LogP) is 24.3. The monoisotopic (exact) mass is 1490 g/mol. The summed E-state index contributed by atoms with van der Waals surface area (Å²) in [6.07, 6.45) is 77.2. The molecule has 7 aliphatic rings. The molecule has 1 aromatic carbocycles. The zero-order valence-corrected chi connectivity index (χ0v) is 69.4. The van der Waals surface area contributed by atoms with Crippen molar-refractivity contribution in [2.75, 3.05) is 26.2 Å². The molecule has 2 saturated carbocycles. The third-order valence-electron chi connectivity index (χ3n) is 28.1. The van der Waals surface area contributed by atoms with Gasteiger partial charge in [-0.2, -0.15) is 0 Å². The van der Waals surface area contributed by atoms with Gasteiger partial charge in [0.05, 0.1) is 17.8 Å². The summed E-state index contributed by atoms with van der Waals surface area (Å²) in [5.74, 6) is 3.95. The van der Waals surface area contributed by atoms with Crippen LogP contribution in [0.25, 0.3) is 0 Å². The second kappa shape index (κ2) is 51.1. The number of hydrogen-bond donors (Lipinski definition) is 0. The van der Waals surface area contributed by atoms with Crippen LogP contribution in [0.3, 0.4) is 0 Å². The van der Waals surface area contributed by atoms with E-state index >= 15 is 0 Å². The van der Waals surface area contributed by atoms with Gasteiger partial charge in [0.1, 0.15) is 0 Å². The molecule has 4 fully saturated rings. The van der Waals surface area contributed by atoms with Gasteiger partial charge in [-0.05, 0) is 148 Å². The van der Waals surface area contributed by atoms with Crippen molar-refractivity contribution in [3.8, 4) is 0 Å². The summed E-state index contributed by atoms with van der Waals surface area (Å²) < 4.78 is 0. The van der Waals surface area contributed by atoms with E-state index < -0.39 is 17.8 Å². The van der Waals surface area contributed by atoms with Crippen molar-refractivity contribution in [1.29, 1.82) is 0 Å². The van der Waals surface area contributed by atoms with Crippen LogP contribution in [0, 0.1) is 59.2 Å². The van der Waals surface area contributed by atoms with Gasteiger partial charge in [0.2, 0.25) is 23.6 Å². The number of imide groups is 4. The summed E-state index contributed by atoms with van der Waals surface area (Å²) in [5.41, 5.74) is 1.86. The lowest BCUT2D eigenvalue weighted by Gasteiger charge is -2.44.